The standard InChI is InChI=1S/C5H11N5O3/c1-2-10(5(8)12)13-4(7)9-3(6)11/h2H2,1H3,(H2,8,12)(H4,6,7,9,11). The van der Waals surface area contributed by atoms with Gasteiger partial charge in [0.05, 0.1) is 6.54 Å². The Hall–Kier alpha value is -1.99. The van der Waals surface area contributed by atoms with E-state index in [1.807, 2.05) is 5.32 Å². The third-order valence-electron chi connectivity index (χ3n) is 0.971. The zero-order chi connectivity index (χ0) is 10.4. The van der Waals surface area contributed by atoms with Crippen molar-refractivity contribution >= 4 is 18.1 Å². The first-order valence-corrected chi connectivity index (χ1v) is 3.37. The molecule has 0 aromatic carbocycles. The zero-order valence-electron chi connectivity index (χ0n) is 7.03. The van der Waals surface area contributed by atoms with Gasteiger partial charge >= 0.3 is 18.1 Å². The SMILES string of the molecule is CCN(OC(=N)NC(N)=O)C(N)=O. The molecular formula is C5H11N5O3. The van der Waals surface area contributed by atoms with Crippen LogP contribution in [0.25, 0.3) is 0 Å². The van der Waals surface area contributed by atoms with E-state index in [-0.39, 0.29) is 6.54 Å². The van der Waals surface area contributed by atoms with Crippen molar-refractivity contribution in [2.75, 3.05) is 6.54 Å². The molecule has 0 saturated heterocycles. The number of nitrogens with one attached hydrogen (secondary N) is 2. The molecule has 0 unspecified atom stereocenters. The summed E-state index contributed by atoms with van der Waals surface area (Å²) < 4.78 is 0. The summed E-state index contributed by atoms with van der Waals surface area (Å²) in [5.41, 5.74) is 9.53. The van der Waals surface area contributed by atoms with Gasteiger partial charge in [0.1, 0.15) is 0 Å². The predicted octanol–water partition coefficient (Wildman–Crippen LogP) is -1.08. The highest BCUT2D eigenvalue weighted by atomic mass is 16.7. The quantitative estimate of drug-likeness (QED) is 0.237. The number of primary amides is 2. The minimum Gasteiger partial charge on any atom is -0.351 e. The molecule has 0 bridgehead atoms. The van der Waals surface area contributed by atoms with Gasteiger partial charge in [-0.3, -0.25) is 5.32 Å². The van der Waals surface area contributed by atoms with Gasteiger partial charge in [0.15, 0.2) is 0 Å². The number of urea groups is 2. The van der Waals surface area contributed by atoms with E-state index in [4.69, 9.17) is 11.1 Å². The smallest absolute Gasteiger partial charge is 0.348 e. The van der Waals surface area contributed by atoms with Crippen LogP contribution in [0.15, 0.2) is 0 Å². The number of amides is 4. The van der Waals surface area contributed by atoms with Crippen LogP contribution in [0.4, 0.5) is 9.59 Å². The van der Waals surface area contributed by atoms with Gasteiger partial charge in [-0.2, -0.15) is 5.06 Å². The average molecular weight is 189 g/mol. The predicted molar refractivity (Wildman–Crippen MR) is 43.5 cm³/mol. The molecule has 74 valence electrons. The van der Waals surface area contributed by atoms with Crippen LogP contribution in [0.1, 0.15) is 6.92 Å². The lowest BCUT2D eigenvalue weighted by Gasteiger charge is -2.17. The monoisotopic (exact) mass is 189 g/mol. The third kappa shape index (κ3) is 4.45. The molecule has 0 fully saturated rings. The number of nitrogens with zero attached hydrogens (tertiary/aromatic N) is 1. The van der Waals surface area contributed by atoms with Gasteiger partial charge in [-0.25, -0.2) is 15.0 Å². The molecule has 8 heteroatoms. The molecule has 8 nitrogen and oxygen atoms in total. The van der Waals surface area contributed by atoms with E-state index >= 15 is 0 Å². The third-order valence-corrected chi connectivity index (χ3v) is 0.971. The van der Waals surface area contributed by atoms with Crippen LogP contribution in [0.5, 0.6) is 0 Å². The summed E-state index contributed by atoms with van der Waals surface area (Å²) in [7, 11) is 0. The Bertz CT molecular complexity index is 228. The van der Waals surface area contributed by atoms with Gasteiger partial charge in [-0.15, -0.1) is 0 Å². The highest BCUT2D eigenvalue weighted by Crippen LogP contribution is 1.88. The van der Waals surface area contributed by atoms with Crippen molar-refractivity contribution in [3.63, 3.8) is 0 Å². The Morgan fingerprint density at radius 2 is 2.08 bits per heavy atom. The molecule has 0 heterocycles. The molecule has 0 aliphatic carbocycles. The second-order valence-corrected chi connectivity index (χ2v) is 1.94. The first-order valence-electron chi connectivity index (χ1n) is 3.37. The molecule has 0 radical (unpaired) electrons. The van der Waals surface area contributed by atoms with Crippen LogP contribution in [0.2, 0.25) is 0 Å². The van der Waals surface area contributed by atoms with Gasteiger partial charge < -0.3 is 16.3 Å². The van der Waals surface area contributed by atoms with E-state index in [1.54, 1.807) is 6.92 Å². The fourth-order valence-corrected chi connectivity index (χ4v) is 0.510. The number of rotatable bonds is 1. The Kier molecular flexibility index (Phi) is 4.07. The summed E-state index contributed by atoms with van der Waals surface area (Å²) in [5, 5.41) is 9.47. The first-order chi connectivity index (χ1) is 5.97. The molecule has 13 heavy (non-hydrogen) atoms. The van der Waals surface area contributed by atoms with E-state index in [2.05, 4.69) is 10.6 Å². The van der Waals surface area contributed by atoms with Crippen molar-refractivity contribution < 1.29 is 14.4 Å². The Balaban J connectivity index is 4.01. The molecule has 0 aliphatic heterocycles. The van der Waals surface area contributed by atoms with Gasteiger partial charge in [0, 0.05) is 0 Å². The van der Waals surface area contributed by atoms with Crippen molar-refractivity contribution in [3.05, 3.63) is 0 Å². The van der Waals surface area contributed by atoms with Gasteiger partial charge in [0.2, 0.25) is 0 Å². The van der Waals surface area contributed by atoms with Crippen LogP contribution in [-0.4, -0.2) is 29.7 Å². The number of nitrogens with two attached hydrogens (primary N) is 2. The van der Waals surface area contributed by atoms with E-state index in [1.165, 1.54) is 0 Å². The maximum atomic E-state index is 10.5. The molecule has 0 spiro atoms. The van der Waals surface area contributed by atoms with Gasteiger partial charge in [0.25, 0.3) is 0 Å². The van der Waals surface area contributed by atoms with E-state index < -0.39 is 18.1 Å². The maximum Gasteiger partial charge on any atom is 0.348 e. The Morgan fingerprint density at radius 1 is 1.54 bits per heavy atom. The molecule has 0 aliphatic rings. The van der Waals surface area contributed by atoms with E-state index in [0.717, 1.165) is 0 Å². The second kappa shape index (κ2) is 4.80. The van der Waals surface area contributed by atoms with Crippen molar-refractivity contribution in [2.45, 2.75) is 6.92 Å². The fourth-order valence-electron chi connectivity index (χ4n) is 0.510. The van der Waals surface area contributed by atoms with Crippen molar-refractivity contribution in [1.29, 1.82) is 5.41 Å². The fraction of sp³-hybridized carbons (Fsp3) is 0.400. The van der Waals surface area contributed by atoms with Crippen LogP contribution in [-0.2, 0) is 4.84 Å². The first kappa shape index (κ1) is 11.0. The summed E-state index contributed by atoms with van der Waals surface area (Å²) in [6.07, 6.45) is 0. The molecular weight excluding hydrogens is 178 g/mol. The van der Waals surface area contributed by atoms with E-state index in [0.29, 0.717) is 5.06 Å². The summed E-state index contributed by atoms with van der Waals surface area (Å²) in [6, 6.07) is -2.47. The minimum atomic E-state index is -0.953. The number of carbonyl (C=O) groups excluding carboxylic acids is 2. The molecule has 4 amide bonds. The van der Waals surface area contributed by atoms with E-state index in [9.17, 15) is 9.59 Å². The summed E-state index contributed by atoms with van der Waals surface area (Å²) in [4.78, 5) is 25.2. The largest absolute Gasteiger partial charge is 0.351 e. The minimum absolute atomic E-state index is 0.151. The topological polar surface area (TPSA) is 135 Å². The lowest BCUT2D eigenvalue weighted by atomic mass is 10.7. The van der Waals surface area contributed by atoms with Crippen LogP contribution < -0.4 is 16.8 Å². The van der Waals surface area contributed by atoms with Crippen LogP contribution >= 0.6 is 0 Å². The molecule has 6 N–H and O–H groups in total. The number of carbonyl (C=O) groups is 2. The molecule has 0 saturated carbocycles. The van der Waals surface area contributed by atoms with Gasteiger partial charge in [-0.05, 0) is 6.92 Å². The molecule has 0 atom stereocenters. The average Bonchev–Trinajstić information content (AvgIpc) is 1.98. The lowest BCUT2D eigenvalue weighted by Crippen LogP contribution is -2.43. The number of hydrogen-bond acceptors (Lipinski definition) is 4. The summed E-state index contributed by atoms with van der Waals surface area (Å²) in [6.45, 7) is 1.74. The Morgan fingerprint density at radius 3 is 2.38 bits per heavy atom. The zero-order valence-corrected chi connectivity index (χ0v) is 7.03. The van der Waals surface area contributed by atoms with Crippen molar-refractivity contribution in [3.8, 4) is 0 Å². The maximum absolute atomic E-state index is 10.5. The number of hydrogen-bond donors (Lipinski definition) is 4. The summed E-state index contributed by atoms with van der Waals surface area (Å²) >= 11 is 0. The summed E-state index contributed by atoms with van der Waals surface area (Å²) in [5.74, 6) is 0. The Labute approximate surface area is 74.3 Å². The molecule has 0 aromatic rings. The highest BCUT2D eigenvalue weighted by molar-refractivity contribution is 5.91. The normalized spacial score (nSPS) is 8.69. The number of hydroxylamine groups is 2. The molecule has 0 rings (SSSR count). The molecule has 0 aromatic heterocycles. The van der Waals surface area contributed by atoms with Gasteiger partial charge in [-0.1, -0.05) is 0 Å². The number of amidine groups is 1. The van der Waals surface area contributed by atoms with Crippen LogP contribution in [0, 0.1) is 5.41 Å². The second-order valence-electron chi connectivity index (χ2n) is 1.94. The lowest BCUT2D eigenvalue weighted by molar-refractivity contribution is -0.0230. The van der Waals surface area contributed by atoms with Crippen molar-refractivity contribution in [2.24, 2.45) is 11.5 Å². The van der Waals surface area contributed by atoms with Crippen molar-refractivity contribution in [1.82, 2.24) is 10.4 Å². The van der Waals surface area contributed by atoms with Crippen LogP contribution in [0.3, 0.4) is 0 Å². The highest BCUT2D eigenvalue weighted by Gasteiger charge is 2.11.